The largest absolute Gasteiger partial charge is 0.483 e. The number of nitrogens with zero attached hydrogens (tertiary/aromatic N) is 1. The van der Waals surface area contributed by atoms with Crippen molar-refractivity contribution in [2.45, 2.75) is 31.4 Å². The van der Waals surface area contributed by atoms with Gasteiger partial charge in [0.05, 0.1) is 6.04 Å². The Kier molecular flexibility index (Phi) is 6.01. The number of rotatable bonds is 7. The highest BCUT2D eigenvalue weighted by atomic mass is 19.1. The molecule has 5 rings (SSSR count). The lowest BCUT2D eigenvalue weighted by Crippen LogP contribution is -2.41. The fraction of sp³-hybridized carbons (Fsp3) is 0.259. The lowest BCUT2D eigenvalue weighted by atomic mass is 10.0. The number of hydrogen-bond donors (Lipinski definition) is 0. The number of halogens is 2. The monoisotopic (exact) mass is 463 g/mol. The Hall–Kier alpha value is -3.74. The molecular formula is C27H23F2NO4. The van der Waals surface area contributed by atoms with E-state index in [1.807, 2.05) is 48.5 Å². The third kappa shape index (κ3) is 4.51. The van der Waals surface area contributed by atoms with Gasteiger partial charge < -0.3 is 9.47 Å². The Morgan fingerprint density at radius 3 is 2.24 bits per heavy atom. The van der Waals surface area contributed by atoms with Crippen LogP contribution in [0.2, 0.25) is 0 Å². The Balaban J connectivity index is 1.26. The molecule has 2 aliphatic rings. The second-order valence-electron chi connectivity index (χ2n) is 8.67. The van der Waals surface area contributed by atoms with E-state index < -0.39 is 35.4 Å². The molecule has 34 heavy (non-hydrogen) atoms. The van der Waals surface area contributed by atoms with Crippen LogP contribution in [0.15, 0.2) is 72.8 Å². The molecule has 2 amide bonds. The molecule has 0 aromatic heterocycles. The molecule has 5 nitrogen and oxygen atoms in total. The molecule has 174 valence electrons. The molecule has 1 heterocycles. The highest BCUT2D eigenvalue weighted by Crippen LogP contribution is 2.50. The minimum Gasteiger partial charge on any atom is -0.483 e. The van der Waals surface area contributed by atoms with E-state index in [-0.39, 0.29) is 25.0 Å². The van der Waals surface area contributed by atoms with Gasteiger partial charge >= 0.3 is 6.09 Å². The molecule has 3 aromatic carbocycles. The smallest absolute Gasteiger partial charge is 0.416 e. The van der Waals surface area contributed by atoms with E-state index >= 15 is 0 Å². The van der Waals surface area contributed by atoms with Gasteiger partial charge in [-0.2, -0.15) is 0 Å². The summed E-state index contributed by atoms with van der Waals surface area (Å²) < 4.78 is 39.8. The highest BCUT2D eigenvalue weighted by molar-refractivity contribution is 5.96. The number of carbonyl (C=O) groups excluding carboxylic acids is 2. The second-order valence-corrected chi connectivity index (χ2v) is 8.67. The van der Waals surface area contributed by atoms with E-state index in [0.717, 1.165) is 11.1 Å². The Bertz CT molecular complexity index is 1180. The van der Waals surface area contributed by atoms with Gasteiger partial charge in [-0.1, -0.05) is 60.7 Å². The van der Waals surface area contributed by atoms with Crippen molar-refractivity contribution in [2.75, 3.05) is 6.61 Å². The first-order chi connectivity index (χ1) is 16.5. The third-order valence-corrected chi connectivity index (χ3v) is 6.30. The molecule has 0 N–H and O–H groups in total. The maximum Gasteiger partial charge on any atom is 0.416 e. The van der Waals surface area contributed by atoms with Crippen molar-refractivity contribution < 1.29 is 27.8 Å². The Labute approximate surface area is 195 Å². The Morgan fingerprint density at radius 2 is 1.59 bits per heavy atom. The van der Waals surface area contributed by atoms with Gasteiger partial charge in [-0.3, -0.25) is 4.79 Å². The van der Waals surface area contributed by atoms with Crippen LogP contribution >= 0.6 is 0 Å². The summed E-state index contributed by atoms with van der Waals surface area (Å²) in [5.74, 6) is -3.30. The Morgan fingerprint density at radius 1 is 0.971 bits per heavy atom. The van der Waals surface area contributed by atoms with E-state index in [1.54, 1.807) is 12.1 Å². The first kappa shape index (κ1) is 22.1. The zero-order chi connectivity index (χ0) is 23.7. The molecule has 1 saturated carbocycles. The lowest BCUT2D eigenvalue weighted by Gasteiger charge is -2.20. The summed E-state index contributed by atoms with van der Waals surface area (Å²) in [4.78, 5) is 26.6. The lowest BCUT2D eigenvalue weighted by molar-refractivity contribution is -0.130. The molecule has 7 heteroatoms. The van der Waals surface area contributed by atoms with Crippen molar-refractivity contribution >= 4 is 12.0 Å². The minimum atomic E-state index is -0.813. The van der Waals surface area contributed by atoms with E-state index in [9.17, 15) is 18.4 Å². The minimum absolute atomic E-state index is 0.0401. The summed E-state index contributed by atoms with van der Waals surface area (Å²) in [6.45, 7) is 0.173. The average Bonchev–Trinajstić information content (AvgIpc) is 3.57. The van der Waals surface area contributed by atoms with Gasteiger partial charge in [0.25, 0.3) is 0 Å². The number of benzene rings is 3. The van der Waals surface area contributed by atoms with Gasteiger partial charge in [0.1, 0.15) is 13.2 Å². The van der Waals surface area contributed by atoms with Crippen LogP contribution in [-0.2, 0) is 22.6 Å². The van der Waals surface area contributed by atoms with Gasteiger partial charge in [0.15, 0.2) is 17.4 Å². The highest BCUT2D eigenvalue weighted by Gasteiger charge is 2.51. The zero-order valence-electron chi connectivity index (χ0n) is 18.3. The molecule has 0 bridgehead atoms. The van der Waals surface area contributed by atoms with Crippen LogP contribution in [0.3, 0.4) is 0 Å². The summed E-state index contributed by atoms with van der Waals surface area (Å²) in [6, 6.07) is 20.7. The molecule has 1 saturated heterocycles. The average molecular weight is 463 g/mol. The maximum atomic E-state index is 14.7. The third-order valence-electron chi connectivity index (χ3n) is 6.30. The van der Waals surface area contributed by atoms with E-state index in [0.29, 0.717) is 18.4 Å². The van der Waals surface area contributed by atoms with Crippen molar-refractivity contribution in [1.29, 1.82) is 0 Å². The molecule has 1 aliphatic heterocycles. The van der Waals surface area contributed by atoms with E-state index in [1.165, 1.54) is 17.0 Å². The topological polar surface area (TPSA) is 55.8 Å². The van der Waals surface area contributed by atoms with Crippen molar-refractivity contribution in [1.82, 2.24) is 4.90 Å². The van der Waals surface area contributed by atoms with Crippen molar-refractivity contribution in [3.05, 3.63) is 101 Å². The molecule has 2 unspecified atom stereocenters. The zero-order valence-corrected chi connectivity index (χ0v) is 18.3. The number of imide groups is 1. The first-order valence-electron chi connectivity index (χ1n) is 11.2. The molecule has 3 aromatic rings. The van der Waals surface area contributed by atoms with Gasteiger partial charge in [0, 0.05) is 5.92 Å². The number of hydrogen-bond acceptors (Lipinski definition) is 4. The molecular weight excluding hydrogens is 440 g/mol. The fourth-order valence-corrected chi connectivity index (χ4v) is 4.44. The van der Waals surface area contributed by atoms with E-state index in [4.69, 9.17) is 9.47 Å². The van der Waals surface area contributed by atoms with Crippen molar-refractivity contribution in [3.8, 4) is 5.75 Å². The first-order valence-corrected chi connectivity index (χ1v) is 11.2. The quantitative estimate of drug-likeness (QED) is 0.481. The summed E-state index contributed by atoms with van der Waals surface area (Å²) >= 11 is 0. The van der Waals surface area contributed by atoms with Crippen LogP contribution < -0.4 is 4.74 Å². The molecule has 3 atom stereocenters. The van der Waals surface area contributed by atoms with Crippen LogP contribution in [0.1, 0.15) is 29.0 Å². The number of cyclic esters (lactones) is 1. The van der Waals surface area contributed by atoms with Crippen LogP contribution in [0, 0.1) is 17.6 Å². The number of ether oxygens (including phenoxy) is 2. The summed E-state index contributed by atoms with van der Waals surface area (Å²) in [5, 5.41) is 0. The summed E-state index contributed by atoms with van der Waals surface area (Å²) in [6.07, 6.45) is 0.245. The van der Waals surface area contributed by atoms with Gasteiger partial charge in [0.2, 0.25) is 5.91 Å². The van der Waals surface area contributed by atoms with Crippen LogP contribution in [0.4, 0.5) is 13.6 Å². The normalized spacial score (nSPS) is 21.3. The predicted molar refractivity (Wildman–Crippen MR) is 120 cm³/mol. The summed E-state index contributed by atoms with van der Waals surface area (Å²) in [7, 11) is 0. The van der Waals surface area contributed by atoms with Gasteiger partial charge in [-0.25, -0.2) is 18.5 Å². The number of carbonyl (C=O) groups is 2. The van der Waals surface area contributed by atoms with Gasteiger partial charge in [-0.15, -0.1) is 0 Å². The van der Waals surface area contributed by atoms with Crippen molar-refractivity contribution in [3.63, 3.8) is 0 Å². The van der Waals surface area contributed by atoms with Crippen LogP contribution in [0.25, 0.3) is 0 Å². The molecule has 0 spiro atoms. The fourth-order valence-electron chi connectivity index (χ4n) is 4.44. The number of amides is 2. The maximum absolute atomic E-state index is 14.7. The summed E-state index contributed by atoms with van der Waals surface area (Å²) in [5.41, 5.74) is 2.17. The SMILES string of the molecule is O=C1OC[C@@H](Cc2ccccc2)N1C(=O)C1CC1c1cc(F)c(OCc2ccccc2)c(F)c1. The van der Waals surface area contributed by atoms with E-state index in [2.05, 4.69) is 0 Å². The molecule has 0 radical (unpaired) electrons. The predicted octanol–water partition coefficient (Wildman–Crippen LogP) is 5.24. The standard InChI is InChI=1S/C27H23F2NO4/c28-23-12-19(13-24(29)25(23)33-15-18-9-5-2-6-10-18)21-14-22(21)26(31)30-20(16-34-27(30)32)11-17-7-3-1-4-8-17/h1-10,12-13,20-22H,11,14-16H2/t20-,21?,22?/m1/s1. The van der Waals surface area contributed by atoms with Crippen molar-refractivity contribution in [2.24, 2.45) is 5.92 Å². The van der Waals surface area contributed by atoms with Gasteiger partial charge in [-0.05, 0) is 47.6 Å². The van der Waals surface area contributed by atoms with Crippen LogP contribution in [-0.4, -0.2) is 29.5 Å². The molecule has 1 aliphatic carbocycles. The molecule has 2 fully saturated rings. The second kappa shape index (κ2) is 9.25. The van der Waals surface area contributed by atoms with Crippen LogP contribution in [0.5, 0.6) is 5.75 Å².